The summed E-state index contributed by atoms with van der Waals surface area (Å²) in [6, 6.07) is 6.49. The molecule has 0 aromatic heterocycles. The fourth-order valence-corrected chi connectivity index (χ4v) is 2.56. The van der Waals surface area contributed by atoms with Crippen molar-refractivity contribution in [2.75, 3.05) is 13.1 Å². The number of benzene rings is 1. The SMILES string of the molecule is CC.CC(C)(C)OC(=O)N1CCC(/C=C/c2ccc([N+](=O)[O-])cc2)CC1. The molecule has 0 spiro atoms. The molecule has 1 aromatic rings. The van der Waals surface area contributed by atoms with Crippen LogP contribution in [0, 0.1) is 16.0 Å². The van der Waals surface area contributed by atoms with Gasteiger partial charge in [-0.2, -0.15) is 0 Å². The number of rotatable bonds is 3. The Hall–Kier alpha value is -2.37. The van der Waals surface area contributed by atoms with Gasteiger partial charge in [0.1, 0.15) is 5.60 Å². The quantitative estimate of drug-likeness (QED) is 0.541. The van der Waals surface area contributed by atoms with Crippen LogP contribution < -0.4 is 0 Å². The summed E-state index contributed by atoms with van der Waals surface area (Å²) in [4.78, 5) is 24.0. The number of nitrogens with zero attached hydrogens (tertiary/aromatic N) is 2. The van der Waals surface area contributed by atoms with Gasteiger partial charge in [-0.15, -0.1) is 0 Å². The molecule has 0 bridgehead atoms. The summed E-state index contributed by atoms with van der Waals surface area (Å²) >= 11 is 0. The number of hydrogen-bond donors (Lipinski definition) is 0. The number of likely N-dealkylation sites (tertiary alicyclic amines) is 1. The number of non-ortho nitro benzene ring substituents is 1. The van der Waals surface area contributed by atoms with Crippen LogP contribution in [0.15, 0.2) is 30.3 Å². The lowest BCUT2D eigenvalue weighted by atomic mass is 9.96. The summed E-state index contributed by atoms with van der Waals surface area (Å²) in [6.07, 6.45) is 5.64. The summed E-state index contributed by atoms with van der Waals surface area (Å²) in [5.41, 5.74) is 0.567. The first kappa shape index (κ1) is 21.7. The summed E-state index contributed by atoms with van der Waals surface area (Å²) in [5.74, 6) is 0.402. The first-order valence-electron chi connectivity index (χ1n) is 9.15. The van der Waals surface area contributed by atoms with Gasteiger partial charge in [-0.25, -0.2) is 4.79 Å². The Balaban J connectivity index is 0.00000163. The fourth-order valence-electron chi connectivity index (χ4n) is 2.56. The van der Waals surface area contributed by atoms with Crippen LogP contribution in [0.25, 0.3) is 6.08 Å². The lowest BCUT2D eigenvalue weighted by molar-refractivity contribution is -0.384. The number of nitro benzene ring substituents is 1. The van der Waals surface area contributed by atoms with E-state index in [0.29, 0.717) is 19.0 Å². The number of piperidine rings is 1. The first-order valence-corrected chi connectivity index (χ1v) is 9.15. The van der Waals surface area contributed by atoms with Crippen LogP contribution in [0.1, 0.15) is 53.0 Å². The highest BCUT2D eigenvalue weighted by Gasteiger charge is 2.25. The van der Waals surface area contributed by atoms with Gasteiger partial charge >= 0.3 is 6.09 Å². The molecule has 1 amide bonds. The van der Waals surface area contributed by atoms with E-state index in [0.717, 1.165) is 18.4 Å². The van der Waals surface area contributed by atoms with Gasteiger partial charge in [0.2, 0.25) is 0 Å². The molecular weight excluding hydrogens is 332 g/mol. The number of allylic oxidation sites excluding steroid dienone is 1. The van der Waals surface area contributed by atoms with Gasteiger partial charge in [-0.3, -0.25) is 10.1 Å². The molecule has 2 rings (SSSR count). The van der Waals surface area contributed by atoms with Crippen molar-refractivity contribution in [1.29, 1.82) is 0 Å². The standard InChI is InChI=1S/C18H24N2O4.C2H6/c1-18(2,3)24-17(21)19-12-10-15(11-13-19)5-4-14-6-8-16(9-7-14)20(22)23;1-2/h4-9,15H,10-13H2,1-3H3;1-2H3/b5-4+;. The van der Waals surface area contributed by atoms with Crippen LogP contribution in [0.4, 0.5) is 10.5 Å². The average Bonchev–Trinajstić information content (AvgIpc) is 2.61. The van der Waals surface area contributed by atoms with E-state index in [9.17, 15) is 14.9 Å². The summed E-state index contributed by atoms with van der Waals surface area (Å²) in [6.45, 7) is 11.0. The van der Waals surface area contributed by atoms with Crippen molar-refractivity contribution in [3.63, 3.8) is 0 Å². The first-order chi connectivity index (χ1) is 12.2. The summed E-state index contributed by atoms with van der Waals surface area (Å²) < 4.78 is 5.39. The molecule has 0 radical (unpaired) electrons. The van der Waals surface area contributed by atoms with E-state index in [1.807, 2.05) is 40.7 Å². The van der Waals surface area contributed by atoms with Crippen LogP contribution in [0.3, 0.4) is 0 Å². The molecule has 0 aliphatic carbocycles. The van der Waals surface area contributed by atoms with Gasteiger partial charge in [0.25, 0.3) is 5.69 Å². The van der Waals surface area contributed by atoms with Crippen LogP contribution in [-0.4, -0.2) is 34.6 Å². The van der Waals surface area contributed by atoms with Crippen LogP contribution >= 0.6 is 0 Å². The Morgan fingerprint density at radius 3 is 2.19 bits per heavy atom. The molecule has 0 unspecified atom stereocenters. The minimum absolute atomic E-state index is 0.0952. The fraction of sp³-hybridized carbons (Fsp3) is 0.550. The highest BCUT2D eigenvalue weighted by molar-refractivity contribution is 5.68. The highest BCUT2D eigenvalue weighted by atomic mass is 16.6. The zero-order valence-corrected chi connectivity index (χ0v) is 16.4. The molecule has 144 valence electrons. The number of ether oxygens (including phenoxy) is 1. The maximum atomic E-state index is 12.0. The maximum absolute atomic E-state index is 12.0. The summed E-state index contributed by atoms with van der Waals surface area (Å²) in [7, 11) is 0. The van der Waals surface area contributed by atoms with E-state index in [2.05, 4.69) is 6.08 Å². The molecule has 0 atom stereocenters. The third-order valence-corrected chi connectivity index (χ3v) is 3.86. The number of carbonyl (C=O) groups excluding carboxylic acids is 1. The minimum atomic E-state index is -0.468. The zero-order valence-electron chi connectivity index (χ0n) is 16.4. The van der Waals surface area contributed by atoms with Crippen molar-refractivity contribution in [3.05, 3.63) is 46.0 Å². The van der Waals surface area contributed by atoms with Crippen molar-refractivity contribution in [3.8, 4) is 0 Å². The lowest BCUT2D eigenvalue weighted by Crippen LogP contribution is -2.41. The molecule has 1 saturated heterocycles. The molecule has 1 aromatic carbocycles. The van der Waals surface area contributed by atoms with Crippen LogP contribution in [-0.2, 0) is 4.74 Å². The molecule has 26 heavy (non-hydrogen) atoms. The topological polar surface area (TPSA) is 72.7 Å². The Morgan fingerprint density at radius 2 is 1.73 bits per heavy atom. The Morgan fingerprint density at radius 1 is 1.19 bits per heavy atom. The highest BCUT2D eigenvalue weighted by Crippen LogP contribution is 2.22. The lowest BCUT2D eigenvalue weighted by Gasteiger charge is -2.32. The van der Waals surface area contributed by atoms with E-state index in [4.69, 9.17) is 4.74 Å². The third kappa shape index (κ3) is 7.25. The monoisotopic (exact) mass is 362 g/mol. The van der Waals surface area contributed by atoms with Gasteiger partial charge in [0.15, 0.2) is 0 Å². The van der Waals surface area contributed by atoms with Gasteiger partial charge in [-0.1, -0.05) is 26.0 Å². The molecular formula is C20H30N2O4. The molecule has 6 nitrogen and oxygen atoms in total. The Kier molecular flexibility index (Phi) is 8.29. The number of amides is 1. The van der Waals surface area contributed by atoms with Crippen molar-refractivity contribution >= 4 is 17.9 Å². The number of hydrogen-bond acceptors (Lipinski definition) is 4. The predicted octanol–water partition coefficient (Wildman–Crippen LogP) is 5.28. The number of nitro groups is 1. The van der Waals surface area contributed by atoms with E-state index in [1.54, 1.807) is 17.0 Å². The van der Waals surface area contributed by atoms with Gasteiger partial charge < -0.3 is 9.64 Å². The van der Waals surface area contributed by atoms with Crippen molar-refractivity contribution in [1.82, 2.24) is 4.90 Å². The second kappa shape index (κ2) is 9.94. The van der Waals surface area contributed by atoms with Crippen molar-refractivity contribution in [2.24, 2.45) is 5.92 Å². The molecule has 1 aliphatic heterocycles. The molecule has 0 N–H and O–H groups in total. The molecule has 1 heterocycles. The molecule has 6 heteroatoms. The van der Waals surface area contributed by atoms with E-state index < -0.39 is 10.5 Å². The van der Waals surface area contributed by atoms with E-state index >= 15 is 0 Å². The smallest absolute Gasteiger partial charge is 0.410 e. The van der Waals surface area contributed by atoms with Gasteiger partial charge in [-0.05, 0) is 57.2 Å². The second-order valence-electron chi connectivity index (χ2n) is 7.01. The Labute approximate surface area is 156 Å². The van der Waals surface area contributed by atoms with E-state index in [1.165, 1.54) is 12.1 Å². The largest absolute Gasteiger partial charge is 0.444 e. The Bertz CT molecular complexity index is 610. The number of carbonyl (C=O) groups is 1. The third-order valence-electron chi connectivity index (χ3n) is 3.86. The average molecular weight is 362 g/mol. The minimum Gasteiger partial charge on any atom is -0.444 e. The molecule has 1 aliphatic rings. The van der Waals surface area contributed by atoms with Crippen LogP contribution in [0.2, 0.25) is 0 Å². The van der Waals surface area contributed by atoms with Crippen molar-refractivity contribution < 1.29 is 14.5 Å². The zero-order chi connectivity index (χ0) is 19.7. The van der Waals surface area contributed by atoms with Gasteiger partial charge in [0.05, 0.1) is 4.92 Å². The van der Waals surface area contributed by atoms with Crippen LogP contribution in [0.5, 0.6) is 0 Å². The van der Waals surface area contributed by atoms with Gasteiger partial charge in [0, 0.05) is 25.2 Å². The van der Waals surface area contributed by atoms with Crippen molar-refractivity contribution in [2.45, 2.75) is 53.1 Å². The molecule has 0 saturated carbocycles. The normalized spacial score (nSPS) is 15.3. The second-order valence-corrected chi connectivity index (χ2v) is 7.01. The van der Waals surface area contributed by atoms with E-state index in [-0.39, 0.29) is 11.8 Å². The predicted molar refractivity (Wildman–Crippen MR) is 104 cm³/mol. The maximum Gasteiger partial charge on any atom is 0.410 e. The summed E-state index contributed by atoms with van der Waals surface area (Å²) in [5, 5.41) is 10.6. The molecule has 1 fully saturated rings.